The lowest BCUT2D eigenvalue weighted by molar-refractivity contribution is -0.274. The van der Waals surface area contributed by atoms with Crippen LogP contribution in [0.4, 0.5) is 32.3 Å². The third-order valence-electron chi connectivity index (χ3n) is 4.34. The Kier molecular flexibility index (Phi) is 7.94. The van der Waals surface area contributed by atoms with Gasteiger partial charge in [0.15, 0.2) is 5.16 Å². The lowest BCUT2D eigenvalue weighted by atomic mass is 10.2. The molecule has 0 aliphatic carbocycles. The monoisotopic (exact) mass is 499 g/mol. The van der Waals surface area contributed by atoms with E-state index in [1.165, 1.54) is 18.2 Å². The summed E-state index contributed by atoms with van der Waals surface area (Å²) in [7, 11) is 0. The lowest BCUT2D eigenvalue weighted by Gasteiger charge is -2.28. The largest absolute Gasteiger partial charge is 0.573 e. The molecule has 0 bridgehead atoms. The molecule has 33 heavy (non-hydrogen) atoms. The third kappa shape index (κ3) is 7.70. The molecular weight excluding hydrogens is 480 g/mol. The Labute approximate surface area is 188 Å². The molecule has 1 aliphatic heterocycles. The summed E-state index contributed by atoms with van der Waals surface area (Å²) < 4.78 is 86.8. The van der Waals surface area contributed by atoms with Crippen LogP contribution < -0.4 is 15.0 Å². The molecule has 1 aromatic carbocycles. The van der Waals surface area contributed by atoms with Crippen LogP contribution in [-0.4, -0.2) is 65.3 Å². The second-order valence-electron chi connectivity index (χ2n) is 6.80. The summed E-state index contributed by atoms with van der Waals surface area (Å²) in [6, 6.07) is 5.29. The molecule has 1 amide bonds. The fraction of sp³-hybridized carbons (Fsp3) is 0.500. The minimum atomic E-state index is -4.89. The zero-order valence-corrected chi connectivity index (χ0v) is 17.8. The van der Waals surface area contributed by atoms with Crippen LogP contribution in [0.25, 0.3) is 0 Å². The number of para-hydroxylation sites is 1. The number of hydrogen-bond donors (Lipinski definition) is 1. The fourth-order valence-corrected chi connectivity index (χ4v) is 3.71. The second kappa shape index (κ2) is 10.5. The number of hydrogen-bond acceptors (Lipinski definition) is 7. The van der Waals surface area contributed by atoms with Crippen LogP contribution in [0.1, 0.15) is 5.56 Å². The highest BCUT2D eigenvalue weighted by Crippen LogP contribution is 2.28. The summed E-state index contributed by atoms with van der Waals surface area (Å²) in [5, 5.41) is 9.95. The molecule has 3 rings (SSSR count). The van der Waals surface area contributed by atoms with Gasteiger partial charge in [-0.3, -0.25) is 9.36 Å². The topological polar surface area (TPSA) is 81.5 Å². The van der Waals surface area contributed by atoms with E-state index in [9.17, 15) is 31.1 Å². The normalized spacial score (nSPS) is 14.9. The van der Waals surface area contributed by atoms with Crippen LogP contribution in [0, 0.1) is 0 Å². The van der Waals surface area contributed by atoms with Gasteiger partial charge in [0.05, 0.1) is 19.0 Å². The molecule has 0 radical (unpaired) electrons. The number of aromatic nitrogens is 3. The van der Waals surface area contributed by atoms with E-state index in [-0.39, 0.29) is 29.0 Å². The number of halogens is 6. The van der Waals surface area contributed by atoms with Gasteiger partial charge in [0.25, 0.3) is 0 Å². The van der Waals surface area contributed by atoms with Crippen molar-refractivity contribution in [3.8, 4) is 5.75 Å². The molecule has 0 unspecified atom stereocenters. The van der Waals surface area contributed by atoms with Gasteiger partial charge < -0.3 is 19.7 Å². The molecule has 2 heterocycles. The third-order valence-corrected chi connectivity index (χ3v) is 5.30. The Morgan fingerprint density at radius 2 is 1.82 bits per heavy atom. The smallest absolute Gasteiger partial charge is 0.405 e. The summed E-state index contributed by atoms with van der Waals surface area (Å²) in [6.07, 6.45) is -9.43. The van der Waals surface area contributed by atoms with Gasteiger partial charge in [0.2, 0.25) is 11.9 Å². The molecule has 0 atom stereocenters. The van der Waals surface area contributed by atoms with Crippen molar-refractivity contribution in [1.29, 1.82) is 0 Å². The van der Waals surface area contributed by atoms with Crippen LogP contribution in [0.3, 0.4) is 0 Å². The van der Waals surface area contributed by atoms with E-state index in [1.54, 1.807) is 4.90 Å². The van der Waals surface area contributed by atoms with E-state index in [0.717, 1.165) is 22.4 Å². The van der Waals surface area contributed by atoms with E-state index < -0.39 is 30.7 Å². The van der Waals surface area contributed by atoms with Gasteiger partial charge in [-0.2, -0.15) is 13.2 Å². The van der Waals surface area contributed by atoms with Gasteiger partial charge >= 0.3 is 12.5 Å². The predicted molar refractivity (Wildman–Crippen MR) is 105 cm³/mol. The van der Waals surface area contributed by atoms with Crippen molar-refractivity contribution in [2.45, 2.75) is 30.8 Å². The number of alkyl halides is 6. The molecule has 1 N–H and O–H groups in total. The molecule has 1 aliphatic rings. The quantitative estimate of drug-likeness (QED) is 0.442. The molecule has 15 heteroatoms. The first-order valence-corrected chi connectivity index (χ1v) is 10.6. The van der Waals surface area contributed by atoms with E-state index in [0.29, 0.717) is 26.3 Å². The van der Waals surface area contributed by atoms with E-state index in [1.807, 2.05) is 0 Å². The summed E-state index contributed by atoms with van der Waals surface area (Å²) in [6.45, 7) is -0.230. The molecular formula is C18H19F6N5O3S. The van der Waals surface area contributed by atoms with Crippen molar-refractivity contribution in [1.82, 2.24) is 20.1 Å². The number of amides is 1. The van der Waals surface area contributed by atoms with Gasteiger partial charge in [-0.1, -0.05) is 30.0 Å². The number of benzene rings is 1. The maximum atomic E-state index is 13.1. The number of anilines is 1. The lowest BCUT2D eigenvalue weighted by Crippen LogP contribution is -2.38. The number of ether oxygens (including phenoxy) is 2. The first-order chi connectivity index (χ1) is 15.5. The maximum Gasteiger partial charge on any atom is 0.573 e. The highest BCUT2D eigenvalue weighted by molar-refractivity contribution is 7.99. The second-order valence-corrected chi connectivity index (χ2v) is 7.75. The number of nitrogens with one attached hydrogen (secondary N) is 1. The molecule has 0 saturated carbocycles. The van der Waals surface area contributed by atoms with E-state index in [2.05, 4.69) is 20.3 Å². The molecule has 1 fully saturated rings. The van der Waals surface area contributed by atoms with Crippen LogP contribution in [0.15, 0.2) is 29.4 Å². The van der Waals surface area contributed by atoms with Gasteiger partial charge in [-0.05, 0) is 6.07 Å². The molecule has 1 aromatic heterocycles. The van der Waals surface area contributed by atoms with Crippen molar-refractivity contribution in [3.63, 3.8) is 0 Å². The van der Waals surface area contributed by atoms with Gasteiger partial charge in [0, 0.05) is 25.2 Å². The Morgan fingerprint density at radius 3 is 2.48 bits per heavy atom. The predicted octanol–water partition coefficient (Wildman–Crippen LogP) is 2.98. The standard InChI is InChI=1S/C18H19F6N5O3S/c19-17(20,21)11-29-15(28-5-7-31-8-6-28)26-27-16(29)33-10-14(30)25-9-12-3-1-2-4-13(12)32-18(22,23)24/h1-4H,5-11H2,(H,25,30). The average molecular weight is 499 g/mol. The van der Waals surface area contributed by atoms with Gasteiger partial charge in [-0.15, -0.1) is 23.4 Å². The number of carbonyl (C=O) groups excluding carboxylic acids is 1. The van der Waals surface area contributed by atoms with Crippen molar-refractivity contribution in [2.75, 3.05) is 37.0 Å². The maximum absolute atomic E-state index is 13.1. The van der Waals surface area contributed by atoms with Gasteiger partial charge in [-0.25, -0.2) is 0 Å². The summed E-state index contributed by atoms with van der Waals surface area (Å²) in [5.74, 6) is -1.37. The average Bonchev–Trinajstić information content (AvgIpc) is 3.12. The number of carbonyl (C=O) groups is 1. The van der Waals surface area contributed by atoms with Crippen molar-refractivity contribution < 1.29 is 40.6 Å². The minimum Gasteiger partial charge on any atom is -0.405 e. The summed E-state index contributed by atoms with van der Waals surface area (Å²) in [5.41, 5.74) is 0.0861. The highest BCUT2D eigenvalue weighted by Gasteiger charge is 2.33. The molecule has 182 valence electrons. The number of rotatable bonds is 8. The zero-order valence-electron chi connectivity index (χ0n) is 16.9. The molecule has 2 aromatic rings. The SMILES string of the molecule is O=C(CSc1nnc(N2CCOCC2)n1CC(F)(F)F)NCc1ccccc1OC(F)(F)F. The molecule has 0 spiro atoms. The fourth-order valence-electron chi connectivity index (χ4n) is 2.95. The van der Waals surface area contributed by atoms with Crippen molar-refractivity contribution in [3.05, 3.63) is 29.8 Å². The molecule has 1 saturated heterocycles. The number of morpholine rings is 1. The molecule has 8 nitrogen and oxygen atoms in total. The first-order valence-electron chi connectivity index (χ1n) is 9.57. The first kappa shape index (κ1) is 25.0. The van der Waals surface area contributed by atoms with E-state index in [4.69, 9.17) is 4.74 Å². The van der Waals surface area contributed by atoms with E-state index >= 15 is 0 Å². The van der Waals surface area contributed by atoms with Crippen LogP contribution in [0.5, 0.6) is 5.75 Å². The van der Waals surface area contributed by atoms with Gasteiger partial charge in [0.1, 0.15) is 12.3 Å². The van der Waals surface area contributed by atoms with Crippen LogP contribution >= 0.6 is 11.8 Å². The Bertz CT molecular complexity index is 946. The number of thioether (sulfide) groups is 1. The Morgan fingerprint density at radius 1 is 1.12 bits per heavy atom. The summed E-state index contributed by atoms with van der Waals surface area (Å²) >= 11 is 0.738. The zero-order chi connectivity index (χ0) is 24.1. The minimum absolute atomic E-state index is 0.0248. The number of nitrogens with zero attached hydrogens (tertiary/aromatic N) is 4. The van der Waals surface area contributed by atoms with Crippen molar-refractivity contribution in [2.24, 2.45) is 0 Å². The Hall–Kier alpha value is -2.68. The van der Waals surface area contributed by atoms with Crippen molar-refractivity contribution >= 4 is 23.6 Å². The van der Waals surface area contributed by atoms with Crippen LogP contribution in [0.2, 0.25) is 0 Å². The van der Waals surface area contributed by atoms with Crippen LogP contribution in [-0.2, 0) is 22.6 Å². The summed E-state index contributed by atoms with van der Waals surface area (Å²) in [4.78, 5) is 13.8. The highest BCUT2D eigenvalue weighted by atomic mass is 32.2. The Balaban J connectivity index is 1.63.